The van der Waals surface area contributed by atoms with E-state index in [2.05, 4.69) is 45.3 Å². The molecule has 0 saturated carbocycles. The highest BCUT2D eigenvalue weighted by Crippen LogP contribution is 2.30. The van der Waals surface area contributed by atoms with Crippen molar-refractivity contribution in [3.8, 4) is 6.07 Å². The number of pyridine rings is 1. The molecule has 5 heterocycles. The predicted octanol–water partition coefficient (Wildman–Crippen LogP) is 2.38. The molecule has 33 heavy (non-hydrogen) atoms. The van der Waals surface area contributed by atoms with Crippen LogP contribution in [0.1, 0.15) is 44.0 Å². The summed E-state index contributed by atoms with van der Waals surface area (Å²) in [6, 6.07) is 4.31. The molecule has 170 valence electrons. The summed E-state index contributed by atoms with van der Waals surface area (Å²) >= 11 is 0. The fourth-order valence-corrected chi connectivity index (χ4v) is 4.19. The van der Waals surface area contributed by atoms with Gasteiger partial charge in [-0.15, -0.1) is 0 Å². The number of hydrogen-bond acceptors (Lipinski definition) is 8. The van der Waals surface area contributed by atoms with Crippen molar-refractivity contribution in [3.05, 3.63) is 40.3 Å². The Balaban J connectivity index is 1.60. The topological polar surface area (TPSA) is 128 Å². The summed E-state index contributed by atoms with van der Waals surface area (Å²) in [5.41, 5.74) is 2.20. The van der Waals surface area contributed by atoms with Crippen LogP contribution in [0.2, 0.25) is 0 Å². The first kappa shape index (κ1) is 21.1. The van der Waals surface area contributed by atoms with E-state index in [1.54, 1.807) is 17.8 Å². The molecule has 0 unspecified atom stereocenters. The highest BCUT2D eigenvalue weighted by atomic mass is 16.5. The van der Waals surface area contributed by atoms with Gasteiger partial charge in [0.1, 0.15) is 11.1 Å². The van der Waals surface area contributed by atoms with Gasteiger partial charge in [-0.1, -0.05) is 13.8 Å². The molecular weight excluding hydrogens is 422 g/mol. The number of aromatic nitrogens is 7. The van der Waals surface area contributed by atoms with Crippen LogP contribution in [0.25, 0.3) is 16.8 Å². The lowest BCUT2D eigenvalue weighted by Crippen LogP contribution is -2.44. The maximum absolute atomic E-state index is 13.1. The van der Waals surface area contributed by atoms with E-state index in [1.807, 2.05) is 19.2 Å². The van der Waals surface area contributed by atoms with Gasteiger partial charge < -0.3 is 10.1 Å². The molecule has 0 bridgehead atoms. The summed E-state index contributed by atoms with van der Waals surface area (Å²) < 4.78 is 10.2. The minimum absolute atomic E-state index is 0.222. The number of nitrogens with one attached hydrogen (secondary N) is 1. The first-order valence-electron chi connectivity index (χ1n) is 10.9. The van der Waals surface area contributed by atoms with Crippen LogP contribution in [0.4, 0.5) is 11.6 Å². The SMILES string of the molecule is Cc1cc2nc(C(C)C)nn2cc1Nc1ncc2c(n1)n(C1(C#N)CCOCC1)c(=O)n2C. The zero-order chi connectivity index (χ0) is 23.3. The number of nitriles is 1. The number of rotatable bonds is 4. The number of fused-ring (bicyclic) bond motifs is 2. The Morgan fingerprint density at radius 2 is 2.03 bits per heavy atom. The molecule has 11 nitrogen and oxygen atoms in total. The van der Waals surface area contributed by atoms with Gasteiger partial charge in [-0.25, -0.2) is 19.3 Å². The molecule has 0 aromatic carbocycles. The Bertz CT molecular complexity index is 1470. The molecule has 1 aliphatic heterocycles. The summed E-state index contributed by atoms with van der Waals surface area (Å²) in [4.78, 5) is 26.7. The molecule has 1 saturated heterocycles. The summed E-state index contributed by atoms with van der Waals surface area (Å²) in [6.45, 7) is 6.91. The van der Waals surface area contributed by atoms with Crippen LogP contribution >= 0.6 is 0 Å². The van der Waals surface area contributed by atoms with Crippen LogP contribution in [0.15, 0.2) is 23.3 Å². The van der Waals surface area contributed by atoms with Gasteiger partial charge in [0.05, 0.1) is 24.2 Å². The second kappa shape index (κ2) is 7.67. The molecule has 4 aromatic heterocycles. The molecule has 0 spiro atoms. The molecule has 0 atom stereocenters. The summed E-state index contributed by atoms with van der Waals surface area (Å²) in [5, 5.41) is 17.8. The van der Waals surface area contributed by atoms with Crippen molar-refractivity contribution >= 4 is 28.4 Å². The average Bonchev–Trinajstić information content (AvgIpc) is 3.33. The van der Waals surface area contributed by atoms with E-state index >= 15 is 0 Å². The third-order valence-corrected chi connectivity index (χ3v) is 6.22. The van der Waals surface area contributed by atoms with E-state index in [1.165, 1.54) is 9.13 Å². The second-order valence-corrected chi connectivity index (χ2v) is 8.76. The molecule has 1 fully saturated rings. The van der Waals surface area contributed by atoms with E-state index < -0.39 is 5.54 Å². The van der Waals surface area contributed by atoms with E-state index in [9.17, 15) is 10.1 Å². The fraction of sp³-hybridized carbons (Fsp3) is 0.455. The molecular formula is C22H25N9O2. The van der Waals surface area contributed by atoms with Crippen LogP contribution in [0, 0.1) is 18.3 Å². The monoisotopic (exact) mass is 447 g/mol. The Kier molecular flexibility index (Phi) is 4.90. The number of aryl methyl sites for hydroxylation is 2. The van der Waals surface area contributed by atoms with Gasteiger partial charge >= 0.3 is 5.69 Å². The third-order valence-electron chi connectivity index (χ3n) is 6.22. The van der Waals surface area contributed by atoms with Crippen molar-refractivity contribution in [3.63, 3.8) is 0 Å². The van der Waals surface area contributed by atoms with Crippen molar-refractivity contribution < 1.29 is 4.74 Å². The van der Waals surface area contributed by atoms with Crippen LogP contribution in [-0.4, -0.2) is 46.9 Å². The number of anilines is 2. The van der Waals surface area contributed by atoms with Crippen LogP contribution in [0.5, 0.6) is 0 Å². The van der Waals surface area contributed by atoms with E-state index in [0.29, 0.717) is 43.2 Å². The minimum Gasteiger partial charge on any atom is -0.381 e. The molecule has 0 radical (unpaired) electrons. The molecule has 1 aliphatic rings. The average molecular weight is 448 g/mol. The second-order valence-electron chi connectivity index (χ2n) is 8.76. The van der Waals surface area contributed by atoms with Gasteiger partial charge in [0.2, 0.25) is 5.95 Å². The lowest BCUT2D eigenvalue weighted by Gasteiger charge is -2.31. The normalized spacial score (nSPS) is 15.9. The van der Waals surface area contributed by atoms with Crippen molar-refractivity contribution in [1.29, 1.82) is 5.26 Å². The van der Waals surface area contributed by atoms with Crippen molar-refractivity contribution in [2.75, 3.05) is 18.5 Å². The molecule has 0 aliphatic carbocycles. The van der Waals surface area contributed by atoms with Crippen LogP contribution in [-0.2, 0) is 17.3 Å². The van der Waals surface area contributed by atoms with Crippen LogP contribution < -0.4 is 11.0 Å². The Labute approximate surface area is 189 Å². The molecule has 5 rings (SSSR count). The Hall–Kier alpha value is -3.78. The van der Waals surface area contributed by atoms with Gasteiger partial charge in [-0.05, 0) is 18.6 Å². The smallest absolute Gasteiger partial charge is 0.331 e. The van der Waals surface area contributed by atoms with Crippen molar-refractivity contribution in [2.24, 2.45) is 7.05 Å². The molecule has 1 N–H and O–H groups in total. The molecule has 11 heteroatoms. The largest absolute Gasteiger partial charge is 0.381 e. The Morgan fingerprint density at radius 3 is 2.73 bits per heavy atom. The molecule has 4 aromatic rings. The maximum Gasteiger partial charge on any atom is 0.331 e. The van der Waals surface area contributed by atoms with Gasteiger partial charge in [0, 0.05) is 39.0 Å². The number of hydrogen-bond donors (Lipinski definition) is 1. The van der Waals surface area contributed by atoms with E-state index in [0.717, 1.165) is 22.7 Å². The standard InChI is InChI=1S/C22H25N9O2/c1-13(2)18-26-17-9-14(3)15(11-30(17)28-18)25-20-24-10-16-19(27-20)31(21(32)29(16)4)22(12-23)5-7-33-8-6-22/h9-11,13H,5-8H2,1-4H3,(H,24,25,27). The quantitative estimate of drug-likeness (QED) is 0.505. The highest BCUT2D eigenvalue weighted by Gasteiger charge is 2.38. The van der Waals surface area contributed by atoms with Crippen molar-refractivity contribution in [2.45, 2.75) is 45.1 Å². The highest BCUT2D eigenvalue weighted by molar-refractivity contribution is 5.74. The summed E-state index contributed by atoms with van der Waals surface area (Å²) in [7, 11) is 1.66. The van der Waals surface area contributed by atoms with E-state index in [-0.39, 0.29) is 11.6 Å². The number of ether oxygens (including phenoxy) is 1. The zero-order valence-corrected chi connectivity index (χ0v) is 19.0. The van der Waals surface area contributed by atoms with Gasteiger partial charge in [0.25, 0.3) is 0 Å². The minimum atomic E-state index is -0.997. The number of nitrogens with zero attached hydrogens (tertiary/aromatic N) is 8. The van der Waals surface area contributed by atoms with Crippen molar-refractivity contribution in [1.82, 2.24) is 33.7 Å². The lowest BCUT2D eigenvalue weighted by atomic mass is 9.91. The summed E-state index contributed by atoms with van der Waals surface area (Å²) in [5.74, 6) is 1.32. The Morgan fingerprint density at radius 1 is 1.27 bits per heavy atom. The van der Waals surface area contributed by atoms with Gasteiger partial charge in [0.15, 0.2) is 17.1 Å². The first-order valence-corrected chi connectivity index (χ1v) is 10.9. The lowest BCUT2D eigenvalue weighted by molar-refractivity contribution is 0.0448. The van der Waals surface area contributed by atoms with Gasteiger partial charge in [-0.2, -0.15) is 15.3 Å². The molecule has 0 amide bonds. The fourth-order valence-electron chi connectivity index (χ4n) is 4.19. The summed E-state index contributed by atoms with van der Waals surface area (Å²) in [6.07, 6.45) is 4.31. The van der Waals surface area contributed by atoms with E-state index in [4.69, 9.17) is 4.74 Å². The number of imidazole rings is 1. The third kappa shape index (κ3) is 3.34. The predicted molar refractivity (Wildman–Crippen MR) is 122 cm³/mol. The maximum atomic E-state index is 13.1. The van der Waals surface area contributed by atoms with Crippen LogP contribution in [0.3, 0.4) is 0 Å². The van der Waals surface area contributed by atoms with Gasteiger partial charge in [-0.3, -0.25) is 9.13 Å². The first-order chi connectivity index (χ1) is 15.8. The zero-order valence-electron chi connectivity index (χ0n) is 19.0.